The van der Waals surface area contributed by atoms with E-state index in [-0.39, 0.29) is 17.4 Å². The monoisotopic (exact) mass is 370 g/mol. The Morgan fingerprint density at radius 1 is 1.12 bits per heavy atom. The zero-order chi connectivity index (χ0) is 18.8. The number of nitrogens with zero attached hydrogens (tertiary/aromatic N) is 4. The van der Waals surface area contributed by atoms with Crippen molar-refractivity contribution in [1.29, 1.82) is 0 Å². The summed E-state index contributed by atoms with van der Waals surface area (Å²) in [5.41, 5.74) is 5.57. The second kappa shape index (κ2) is 7.37. The quantitative estimate of drug-likeness (QED) is 0.502. The van der Waals surface area contributed by atoms with Gasteiger partial charge < -0.3 is 0 Å². The molecule has 0 radical (unpaired) electrons. The SMILES string of the molecule is Cc1cc(C)c(C(=O)CSc2nnnn2-c2cccc(F)c2)c(C)c1C. The summed E-state index contributed by atoms with van der Waals surface area (Å²) in [5, 5.41) is 11.9. The minimum atomic E-state index is -0.369. The van der Waals surface area contributed by atoms with Gasteiger partial charge in [0.05, 0.1) is 11.4 Å². The Balaban J connectivity index is 1.82. The van der Waals surface area contributed by atoms with Crippen LogP contribution in [0.15, 0.2) is 35.5 Å². The molecule has 0 saturated carbocycles. The molecule has 3 aromatic rings. The first-order valence-electron chi connectivity index (χ1n) is 8.16. The van der Waals surface area contributed by atoms with Crippen molar-refractivity contribution >= 4 is 17.5 Å². The Morgan fingerprint density at radius 2 is 1.88 bits per heavy atom. The highest BCUT2D eigenvalue weighted by Gasteiger charge is 2.18. The number of benzene rings is 2. The molecular weight excluding hydrogens is 351 g/mol. The molecule has 0 bridgehead atoms. The van der Waals surface area contributed by atoms with Crippen molar-refractivity contribution in [2.45, 2.75) is 32.9 Å². The minimum absolute atomic E-state index is 0.0295. The molecule has 2 aromatic carbocycles. The molecular formula is C19H19FN4OS. The Morgan fingerprint density at radius 3 is 2.62 bits per heavy atom. The summed E-state index contributed by atoms with van der Waals surface area (Å²) in [6, 6.07) is 8.04. The molecule has 0 aliphatic heterocycles. The maximum Gasteiger partial charge on any atom is 0.214 e. The molecule has 0 aliphatic rings. The molecule has 1 heterocycles. The third-order valence-corrected chi connectivity index (χ3v) is 5.38. The lowest BCUT2D eigenvalue weighted by molar-refractivity contribution is 0.102. The van der Waals surface area contributed by atoms with Crippen LogP contribution in [0.3, 0.4) is 0 Å². The number of carbonyl (C=O) groups excluding carboxylic acids is 1. The molecule has 0 amide bonds. The number of carbonyl (C=O) groups is 1. The zero-order valence-corrected chi connectivity index (χ0v) is 15.9. The van der Waals surface area contributed by atoms with Crippen molar-refractivity contribution in [3.8, 4) is 5.69 Å². The first-order chi connectivity index (χ1) is 12.4. The van der Waals surface area contributed by atoms with Crippen LogP contribution in [0, 0.1) is 33.5 Å². The molecule has 134 valence electrons. The van der Waals surface area contributed by atoms with Gasteiger partial charge in [0.25, 0.3) is 0 Å². The van der Waals surface area contributed by atoms with E-state index in [1.54, 1.807) is 12.1 Å². The highest BCUT2D eigenvalue weighted by Crippen LogP contribution is 2.25. The topological polar surface area (TPSA) is 60.7 Å². The Labute approximate surface area is 155 Å². The van der Waals surface area contributed by atoms with Gasteiger partial charge in [-0.15, -0.1) is 5.10 Å². The first kappa shape index (κ1) is 18.3. The molecule has 7 heteroatoms. The van der Waals surface area contributed by atoms with Crippen molar-refractivity contribution in [3.63, 3.8) is 0 Å². The van der Waals surface area contributed by atoms with Crippen molar-refractivity contribution in [1.82, 2.24) is 20.2 Å². The van der Waals surface area contributed by atoms with Gasteiger partial charge in [0, 0.05) is 5.56 Å². The normalized spacial score (nSPS) is 11.0. The predicted octanol–water partition coefficient (Wildman–Crippen LogP) is 4.01. The van der Waals surface area contributed by atoms with E-state index in [1.807, 2.05) is 33.8 Å². The molecule has 0 unspecified atom stereocenters. The van der Waals surface area contributed by atoms with Crippen molar-refractivity contribution < 1.29 is 9.18 Å². The fourth-order valence-corrected chi connectivity index (χ4v) is 3.72. The summed E-state index contributed by atoms with van der Waals surface area (Å²) in [4.78, 5) is 12.8. The number of aromatic nitrogens is 4. The van der Waals surface area contributed by atoms with Crippen LogP contribution in [0.4, 0.5) is 4.39 Å². The van der Waals surface area contributed by atoms with Crippen LogP contribution in [0.1, 0.15) is 32.6 Å². The van der Waals surface area contributed by atoms with Gasteiger partial charge in [0.15, 0.2) is 5.78 Å². The second-order valence-corrected chi connectivity index (χ2v) is 7.14. The zero-order valence-electron chi connectivity index (χ0n) is 15.1. The lowest BCUT2D eigenvalue weighted by Crippen LogP contribution is -2.10. The van der Waals surface area contributed by atoms with Crippen molar-refractivity contribution in [2.75, 3.05) is 5.75 Å². The maximum atomic E-state index is 13.4. The van der Waals surface area contributed by atoms with Crippen molar-refractivity contribution in [2.24, 2.45) is 0 Å². The minimum Gasteiger partial charge on any atom is -0.293 e. The number of halogens is 1. The molecule has 0 atom stereocenters. The summed E-state index contributed by atoms with van der Waals surface area (Å²) in [6.07, 6.45) is 0. The van der Waals surface area contributed by atoms with Crippen LogP contribution in [0.25, 0.3) is 5.69 Å². The first-order valence-corrected chi connectivity index (χ1v) is 9.14. The van der Waals surface area contributed by atoms with E-state index in [0.717, 1.165) is 22.3 Å². The fourth-order valence-electron chi connectivity index (χ4n) is 2.95. The van der Waals surface area contributed by atoms with Crippen molar-refractivity contribution in [3.05, 3.63) is 64.0 Å². The maximum absolute atomic E-state index is 13.4. The molecule has 3 rings (SSSR count). The molecule has 26 heavy (non-hydrogen) atoms. The largest absolute Gasteiger partial charge is 0.293 e. The molecule has 5 nitrogen and oxygen atoms in total. The van der Waals surface area contributed by atoms with Crippen LogP contribution in [0.5, 0.6) is 0 Å². The standard InChI is InChI=1S/C19H19FN4OS/c1-11-8-12(2)18(14(4)13(11)3)17(25)10-26-19-21-22-23-24(19)16-7-5-6-15(20)9-16/h5-9H,10H2,1-4H3. The number of thioether (sulfide) groups is 1. The van der Waals surface area contributed by atoms with Gasteiger partial charge in [-0.25, -0.2) is 4.39 Å². The fraction of sp³-hybridized carbons (Fsp3) is 0.263. The molecule has 0 fully saturated rings. The lowest BCUT2D eigenvalue weighted by atomic mass is 9.92. The van der Waals surface area contributed by atoms with Gasteiger partial charge in [-0.2, -0.15) is 4.68 Å². The van der Waals surface area contributed by atoms with E-state index in [1.165, 1.54) is 34.1 Å². The Hall–Kier alpha value is -2.54. The van der Waals surface area contributed by atoms with Gasteiger partial charge in [-0.3, -0.25) is 4.79 Å². The Kier molecular flexibility index (Phi) is 5.18. The summed E-state index contributed by atoms with van der Waals surface area (Å²) >= 11 is 1.24. The van der Waals surface area contributed by atoms with E-state index in [4.69, 9.17) is 0 Å². The summed E-state index contributed by atoms with van der Waals surface area (Å²) in [7, 11) is 0. The second-order valence-electron chi connectivity index (χ2n) is 6.20. The Bertz CT molecular complexity index is 984. The number of aryl methyl sites for hydroxylation is 2. The van der Waals surface area contributed by atoms with Crippen LogP contribution in [-0.2, 0) is 0 Å². The van der Waals surface area contributed by atoms with Gasteiger partial charge in [0.1, 0.15) is 5.82 Å². The van der Waals surface area contributed by atoms with Crippen LogP contribution >= 0.6 is 11.8 Å². The number of hydrogen-bond donors (Lipinski definition) is 0. The molecule has 0 saturated heterocycles. The van der Waals surface area contributed by atoms with E-state index < -0.39 is 0 Å². The van der Waals surface area contributed by atoms with Gasteiger partial charge in [-0.05, 0) is 78.6 Å². The summed E-state index contributed by atoms with van der Waals surface area (Å²) in [5.74, 6) is -0.131. The third-order valence-electron chi connectivity index (χ3n) is 4.46. The van der Waals surface area contributed by atoms with Crippen LogP contribution < -0.4 is 0 Å². The van der Waals surface area contributed by atoms with Crippen LogP contribution in [-0.4, -0.2) is 31.7 Å². The van der Waals surface area contributed by atoms with E-state index in [9.17, 15) is 9.18 Å². The molecule has 0 aliphatic carbocycles. The van der Waals surface area contributed by atoms with Crippen LogP contribution in [0.2, 0.25) is 0 Å². The van der Waals surface area contributed by atoms with Gasteiger partial charge in [-0.1, -0.05) is 23.9 Å². The predicted molar refractivity (Wildman–Crippen MR) is 99.6 cm³/mol. The summed E-state index contributed by atoms with van der Waals surface area (Å²) in [6.45, 7) is 8.00. The highest BCUT2D eigenvalue weighted by atomic mass is 32.2. The molecule has 0 N–H and O–H groups in total. The van der Waals surface area contributed by atoms with E-state index in [2.05, 4.69) is 15.5 Å². The van der Waals surface area contributed by atoms with Gasteiger partial charge in [0.2, 0.25) is 5.16 Å². The number of hydrogen-bond acceptors (Lipinski definition) is 5. The average Bonchev–Trinajstić information content (AvgIpc) is 3.06. The number of ketones is 1. The average molecular weight is 370 g/mol. The molecule has 1 aromatic heterocycles. The smallest absolute Gasteiger partial charge is 0.214 e. The van der Waals surface area contributed by atoms with Gasteiger partial charge >= 0.3 is 0 Å². The number of tetrazole rings is 1. The number of Topliss-reactive ketones (excluding diaryl/α,β-unsaturated/α-hetero) is 1. The third kappa shape index (κ3) is 3.53. The number of rotatable bonds is 5. The highest BCUT2D eigenvalue weighted by molar-refractivity contribution is 7.99. The lowest BCUT2D eigenvalue weighted by Gasteiger charge is -2.14. The molecule has 0 spiro atoms. The van der Waals surface area contributed by atoms with E-state index in [0.29, 0.717) is 10.8 Å². The summed E-state index contributed by atoms with van der Waals surface area (Å²) < 4.78 is 14.9. The van der Waals surface area contributed by atoms with E-state index >= 15 is 0 Å².